The molecule has 1 aromatic carbocycles. The van der Waals surface area contributed by atoms with Crippen molar-refractivity contribution in [3.63, 3.8) is 0 Å². The van der Waals surface area contributed by atoms with Crippen molar-refractivity contribution in [3.8, 4) is 5.75 Å². The predicted molar refractivity (Wildman–Crippen MR) is 61.5 cm³/mol. The second-order valence-electron chi connectivity index (χ2n) is 4.64. The lowest BCUT2D eigenvalue weighted by Crippen LogP contribution is -2.23. The molecule has 0 bridgehead atoms. The smallest absolute Gasteiger partial charge is 0.406 e. The van der Waals surface area contributed by atoms with E-state index < -0.39 is 11.8 Å². The molecule has 0 heterocycles. The highest BCUT2D eigenvalue weighted by Crippen LogP contribution is 2.28. The third kappa shape index (κ3) is 3.75. The fraction of sp³-hybridized carbons (Fsp3) is 0.462. The molecule has 2 nitrogen and oxygen atoms in total. The summed E-state index contributed by atoms with van der Waals surface area (Å²) < 4.78 is 40.0. The summed E-state index contributed by atoms with van der Waals surface area (Å²) in [5.74, 6) is -0.571. The van der Waals surface area contributed by atoms with Gasteiger partial charge in [-0.15, -0.1) is 13.2 Å². The van der Waals surface area contributed by atoms with Crippen LogP contribution in [0.5, 0.6) is 5.75 Å². The number of halogens is 3. The zero-order valence-corrected chi connectivity index (χ0v) is 10.5. The number of carbonyl (C=O) groups is 1. The van der Waals surface area contributed by atoms with E-state index in [1.54, 1.807) is 13.8 Å². The molecule has 0 unspecified atom stereocenters. The molecular formula is C13H15F3O2. The first-order chi connectivity index (χ1) is 8.15. The summed E-state index contributed by atoms with van der Waals surface area (Å²) in [5, 5.41) is 0. The Morgan fingerprint density at radius 3 is 2.39 bits per heavy atom. The SMILES string of the molecule is CCC(C)(C)C(=O)c1cccc(OC(F)(F)F)c1. The predicted octanol–water partition coefficient (Wildman–Crippen LogP) is 4.20. The Morgan fingerprint density at radius 1 is 1.28 bits per heavy atom. The highest BCUT2D eigenvalue weighted by Gasteiger charge is 2.32. The fourth-order valence-electron chi connectivity index (χ4n) is 1.39. The highest BCUT2D eigenvalue weighted by atomic mass is 19.4. The number of hydrogen-bond acceptors (Lipinski definition) is 2. The minimum atomic E-state index is -4.75. The van der Waals surface area contributed by atoms with Gasteiger partial charge in [0.1, 0.15) is 5.75 Å². The molecule has 5 heteroatoms. The lowest BCUT2D eigenvalue weighted by Gasteiger charge is -2.21. The highest BCUT2D eigenvalue weighted by molar-refractivity contribution is 6.00. The van der Waals surface area contributed by atoms with Gasteiger partial charge in [-0.1, -0.05) is 32.9 Å². The number of ketones is 1. The van der Waals surface area contributed by atoms with Crippen LogP contribution in [0.3, 0.4) is 0 Å². The molecule has 1 aromatic rings. The van der Waals surface area contributed by atoms with E-state index in [9.17, 15) is 18.0 Å². The topological polar surface area (TPSA) is 26.3 Å². The second kappa shape index (κ2) is 5.00. The number of alkyl halides is 3. The monoisotopic (exact) mass is 260 g/mol. The lowest BCUT2D eigenvalue weighted by atomic mass is 9.82. The molecule has 0 radical (unpaired) electrons. The number of carbonyl (C=O) groups excluding carboxylic acids is 1. The Morgan fingerprint density at radius 2 is 1.89 bits per heavy atom. The standard InChI is InChI=1S/C13H15F3O2/c1-4-12(2,3)11(17)9-6-5-7-10(8-9)18-13(14,15)16/h5-8H,4H2,1-3H3. The molecule has 0 spiro atoms. The van der Waals surface area contributed by atoms with Crippen molar-refractivity contribution in [1.82, 2.24) is 0 Å². The first kappa shape index (κ1) is 14.5. The van der Waals surface area contributed by atoms with E-state index in [1.165, 1.54) is 18.2 Å². The molecule has 0 amide bonds. The number of ether oxygens (including phenoxy) is 1. The van der Waals surface area contributed by atoms with Gasteiger partial charge in [0.05, 0.1) is 0 Å². The molecule has 0 aromatic heterocycles. The Hall–Kier alpha value is -1.52. The van der Waals surface area contributed by atoms with Gasteiger partial charge in [-0.2, -0.15) is 0 Å². The van der Waals surface area contributed by atoms with Crippen molar-refractivity contribution in [2.75, 3.05) is 0 Å². The maximum absolute atomic E-state index is 12.1. The van der Waals surface area contributed by atoms with Crippen molar-refractivity contribution in [2.24, 2.45) is 5.41 Å². The molecule has 100 valence electrons. The van der Waals surface area contributed by atoms with Gasteiger partial charge < -0.3 is 4.74 Å². The molecule has 0 saturated carbocycles. The van der Waals surface area contributed by atoms with Crippen LogP contribution in [0.25, 0.3) is 0 Å². The van der Waals surface area contributed by atoms with Crippen molar-refractivity contribution in [3.05, 3.63) is 29.8 Å². The van der Waals surface area contributed by atoms with Crippen molar-refractivity contribution in [1.29, 1.82) is 0 Å². The van der Waals surface area contributed by atoms with Gasteiger partial charge in [0.15, 0.2) is 5.78 Å². The van der Waals surface area contributed by atoms with Crippen molar-refractivity contribution in [2.45, 2.75) is 33.6 Å². The zero-order chi connectivity index (χ0) is 14.0. The molecule has 0 atom stereocenters. The van der Waals surface area contributed by atoms with Crippen LogP contribution in [0, 0.1) is 5.41 Å². The maximum Gasteiger partial charge on any atom is 0.573 e. The summed E-state index contributed by atoms with van der Waals surface area (Å²) in [6, 6.07) is 5.15. The summed E-state index contributed by atoms with van der Waals surface area (Å²) in [7, 11) is 0. The van der Waals surface area contributed by atoms with Gasteiger partial charge in [-0.05, 0) is 18.6 Å². The van der Waals surface area contributed by atoms with Gasteiger partial charge in [0.25, 0.3) is 0 Å². The van der Waals surface area contributed by atoms with E-state index in [0.29, 0.717) is 6.42 Å². The van der Waals surface area contributed by atoms with Crippen LogP contribution < -0.4 is 4.74 Å². The minimum absolute atomic E-state index is 0.197. The zero-order valence-electron chi connectivity index (χ0n) is 10.5. The van der Waals surface area contributed by atoms with E-state index >= 15 is 0 Å². The van der Waals surface area contributed by atoms with E-state index in [-0.39, 0.29) is 17.1 Å². The number of hydrogen-bond donors (Lipinski definition) is 0. The molecule has 0 aliphatic carbocycles. The molecule has 0 saturated heterocycles. The van der Waals surface area contributed by atoms with E-state index in [0.717, 1.165) is 6.07 Å². The average Bonchev–Trinajstić information content (AvgIpc) is 2.26. The second-order valence-corrected chi connectivity index (χ2v) is 4.64. The Bertz CT molecular complexity index is 436. The number of benzene rings is 1. The minimum Gasteiger partial charge on any atom is -0.406 e. The van der Waals surface area contributed by atoms with Gasteiger partial charge in [0, 0.05) is 11.0 Å². The molecule has 0 fully saturated rings. The van der Waals surface area contributed by atoms with E-state index in [4.69, 9.17) is 0 Å². The first-order valence-electron chi connectivity index (χ1n) is 5.56. The van der Waals surface area contributed by atoms with Crippen LogP contribution in [0.2, 0.25) is 0 Å². The molecular weight excluding hydrogens is 245 g/mol. The lowest BCUT2D eigenvalue weighted by molar-refractivity contribution is -0.274. The number of rotatable bonds is 4. The van der Waals surface area contributed by atoms with Gasteiger partial charge in [-0.3, -0.25) is 4.79 Å². The summed E-state index contributed by atoms with van der Waals surface area (Å²) in [4.78, 5) is 12.1. The molecule has 1 rings (SSSR count). The maximum atomic E-state index is 12.1. The van der Waals surface area contributed by atoms with Crippen LogP contribution >= 0.6 is 0 Å². The quantitative estimate of drug-likeness (QED) is 0.758. The third-order valence-corrected chi connectivity index (χ3v) is 2.83. The van der Waals surface area contributed by atoms with Crippen LogP contribution in [-0.4, -0.2) is 12.1 Å². The van der Waals surface area contributed by atoms with Gasteiger partial charge in [-0.25, -0.2) is 0 Å². The summed E-state index contributed by atoms with van der Waals surface area (Å²) in [6.45, 7) is 5.37. The summed E-state index contributed by atoms with van der Waals surface area (Å²) >= 11 is 0. The first-order valence-corrected chi connectivity index (χ1v) is 5.56. The van der Waals surface area contributed by atoms with Crippen molar-refractivity contribution >= 4 is 5.78 Å². The summed E-state index contributed by atoms with van der Waals surface area (Å²) in [6.07, 6.45) is -4.14. The molecule has 0 aliphatic heterocycles. The Balaban J connectivity index is 2.99. The van der Waals surface area contributed by atoms with Gasteiger partial charge >= 0.3 is 6.36 Å². The largest absolute Gasteiger partial charge is 0.573 e. The molecule has 0 N–H and O–H groups in total. The Labute approximate surface area is 104 Å². The normalized spacial score (nSPS) is 12.3. The van der Waals surface area contributed by atoms with Gasteiger partial charge in [0.2, 0.25) is 0 Å². The van der Waals surface area contributed by atoms with Crippen LogP contribution in [0.15, 0.2) is 24.3 Å². The van der Waals surface area contributed by atoms with Crippen molar-refractivity contribution < 1.29 is 22.7 Å². The Kier molecular flexibility index (Phi) is 4.04. The molecule has 0 aliphatic rings. The van der Waals surface area contributed by atoms with Crippen LogP contribution in [-0.2, 0) is 0 Å². The average molecular weight is 260 g/mol. The fourth-order valence-corrected chi connectivity index (χ4v) is 1.39. The van der Waals surface area contributed by atoms with E-state index in [1.807, 2.05) is 6.92 Å². The summed E-state index contributed by atoms with van der Waals surface area (Å²) in [5.41, 5.74) is -0.375. The van der Waals surface area contributed by atoms with Crippen LogP contribution in [0.1, 0.15) is 37.6 Å². The number of Topliss-reactive ketones (excluding diaryl/α,β-unsaturated/α-hetero) is 1. The third-order valence-electron chi connectivity index (χ3n) is 2.83. The molecule has 18 heavy (non-hydrogen) atoms. The van der Waals surface area contributed by atoms with Crippen LogP contribution in [0.4, 0.5) is 13.2 Å². The van der Waals surface area contributed by atoms with E-state index in [2.05, 4.69) is 4.74 Å².